The van der Waals surface area contributed by atoms with Crippen molar-refractivity contribution in [3.05, 3.63) is 52.5 Å². The first kappa shape index (κ1) is 16.7. The summed E-state index contributed by atoms with van der Waals surface area (Å²) < 4.78 is 12.8. The van der Waals surface area contributed by atoms with Crippen LogP contribution in [0.25, 0.3) is 0 Å². The van der Waals surface area contributed by atoms with E-state index in [0.717, 1.165) is 5.75 Å². The number of halogens is 1. The Bertz CT molecular complexity index is 617. The molecule has 1 heterocycles. The van der Waals surface area contributed by atoms with Crippen LogP contribution < -0.4 is 16.2 Å². The van der Waals surface area contributed by atoms with Gasteiger partial charge in [-0.2, -0.15) is 0 Å². The number of thioether (sulfide) groups is 1. The monoisotopic (exact) mass is 355 g/mol. The second-order valence-electron chi connectivity index (χ2n) is 4.21. The van der Waals surface area contributed by atoms with Gasteiger partial charge in [0.2, 0.25) is 5.91 Å². The molecule has 2 aromatic rings. The molecule has 0 fully saturated rings. The van der Waals surface area contributed by atoms with Gasteiger partial charge in [0.15, 0.2) is 5.11 Å². The molecule has 0 aliphatic rings. The summed E-state index contributed by atoms with van der Waals surface area (Å²) in [4.78, 5) is 12.9. The summed E-state index contributed by atoms with van der Waals surface area (Å²) in [6.07, 6.45) is 0. The quantitative estimate of drug-likeness (QED) is 0.568. The summed E-state index contributed by atoms with van der Waals surface area (Å²) in [6, 6.07) is 9.79. The Morgan fingerprint density at radius 2 is 2.00 bits per heavy atom. The average Bonchev–Trinajstić information content (AvgIpc) is 3.01. The Labute approximate surface area is 141 Å². The Hall–Kier alpha value is -1.64. The Morgan fingerprint density at radius 1 is 1.23 bits per heavy atom. The summed E-state index contributed by atoms with van der Waals surface area (Å²) in [5.74, 6) is 0.665. The lowest BCUT2D eigenvalue weighted by molar-refractivity contribution is -0.119. The van der Waals surface area contributed by atoms with Crippen LogP contribution in [0.15, 0.2) is 41.8 Å². The molecule has 0 aliphatic heterocycles. The largest absolute Gasteiger partial charge is 0.331 e. The van der Waals surface area contributed by atoms with Gasteiger partial charge in [-0.05, 0) is 47.9 Å². The van der Waals surface area contributed by atoms with Gasteiger partial charge in [0.1, 0.15) is 5.82 Å². The minimum absolute atomic E-state index is 0.162. The number of nitrogens with one attached hydrogen (secondary N) is 3. The van der Waals surface area contributed by atoms with Crippen molar-refractivity contribution >= 4 is 52.0 Å². The molecule has 0 bridgehead atoms. The third kappa shape index (κ3) is 6.00. The number of amides is 1. The minimum Gasteiger partial charge on any atom is -0.331 e. The van der Waals surface area contributed by atoms with E-state index in [-0.39, 0.29) is 16.8 Å². The molecule has 1 aromatic carbocycles. The first-order chi connectivity index (χ1) is 10.6. The number of carbonyl (C=O) groups excluding carboxylic acids is 1. The lowest BCUT2D eigenvalue weighted by atomic mass is 10.3. The standard InChI is InChI=1S/C14H14FN3OS3/c15-10-3-5-11(6-4-10)16-14(20)18-17-13(19)9-21-8-12-2-1-7-22-12/h1-7H,8-9H2,(H,17,19)(H2,16,18,20). The van der Waals surface area contributed by atoms with Gasteiger partial charge in [-0.1, -0.05) is 6.07 Å². The summed E-state index contributed by atoms with van der Waals surface area (Å²) in [6.45, 7) is 0. The highest BCUT2D eigenvalue weighted by Crippen LogP contribution is 2.16. The topological polar surface area (TPSA) is 53.2 Å². The molecule has 2 rings (SSSR count). The fourth-order valence-corrected chi connectivity index (χ4v) is 3.33. The molecule has 0 saturated heterocycles. The van der Waals surface area contributed by atoms with Crippen molar-refractivity contribution in [1.82, 2.24) is 10.9 Å². The first-order valence-electron chi connectivity index (χ1n) is 6.35. The molecule has 1 amide bonds. The van der Waals surface area contributed by atoms with E-state index >= 15 is 0 Å². The third-order valence-corrected chi connectivity index (χ3v) is 4.72. The lowest BCUT2D eigenvalue weighted by Gasteiger charge is -2.11. The molecule has 1 aromatic heterocycles. The predicted octanol–water partition coefficient (Wildman–Crippen LogP) is 3.14. The second-order valence-corrected chi connectivity index (χ2v) is 6.63. The predicted molar refractivity (Wildman–Crippen MR) is 94.4 cm³/mol. The summed E-state index contributed by atoms with van der Waals surface area (Å²) in [5.41, 5.74) is 5.75. The van der Waals surface area contributed by atoms with Gasteiger partial charge >= 0.3 is 0 Å². The zero-order chi connectivity index (χ0) is 15.8. The zero-order valence-electron chi connectivity index (χ0n) is 11.5. The molecule has 0 radical (unpaired) electrons. The van der Waals surface area contributed by atoms with E-state index in [4.69, 9.17) is 12.2 Å². The van der Waals surface area contributed by atoms with Gasteiger partial charge in [-0.3, -0.25) is 15.6 Å². The molecule has 116 valence electrons. The van der Waals surface area contributed by atoms with Crippen LogP contribution in [0.1, 0.15) is 4.88 Å². The number of carbonyl (C=O) groups is 1. The molecule has 22 heavy (non-hydrogen) atoms. The number of hydrogen-bond donors (Lipinski definition) is 3. The number of thiophene rings is 1. The Kier molecular flexibility index (Phi) is 6.63. The number of anilines is 1. The Balaban J connectivity index is 1.63. The third-order valence-electron chi connectivity index (χ3n) is 2.48. The van der Waals surface area contributed by atoms with E-state index in [1.807, 2.05) is 17.5 Å². The van der Waals surface area contributed by atoms with Crippen molar-refractivity contribution in [2.75, 3.05) is 11.1 Å². The molecule has 0 atom stereocenters. The van der Waals surface area contributed by atoms with Crippen molar-refractivity contribution in [3.8, 4) is 0 Å². The number of rotatable bonds is 5. The lowest BCUT2D eigenvalue weighted by Crippen LogP contribution is -2.44. The molecule has 0 unspecified atom stereocenters. The van der Waals surface area contributed by atoms with Gasteiger partial charge in [-0.15, -0.1) is 23.1 Å². The highest BCUT2D eigenvalue weighted by Gasteiger charge is 2.03. The van der Waals surface area contributed by atoms with Crippen molar-refractivity contribution in [2.24, 2.45) is 0 Å². The van der Waals surface area contributed by atoms with Crippen molar-refractivity contribution in [3.63, 3.8) is 0 Å². The van der Waals surface area contributed by atoms with Crippen LogP contribution in [-0.4, -0.2) is 16.8 Å². The summed E-state index contributed by atoms with van der Waals surface area (Å²) >= 11 is 8.23. The maximum absolute atomic E-state index is 12.8. The van der Waals surface area contributed by atoms with E-state index in [1.54, 1.807) is 23.5 Å². The fraction of sp³-hybridized carbons (Fsp3) is 0.143. The minimum atomic E-state index is -0.319. The van der Waals surface area contributed by atoms with Crippen LogP contribution in [0.5, 0.6) is 0 Å². The van der Waals surface area contributed by atoms with Gasteiger partial charge in [-0.25, -0.2) is 4.39 Å². The van der Waals surface area contributed by atoms with Crippen LogP contribution >= 0.6 is 35.3 Å². The SMILES string of the molecule is O=C(CSCc1cccs1)NNC(=S)Nc1ccc(F)cc1. The van der Waals surface area contributed by atoms with Crippen LogP contribution in [0, 0.1) is 5.82 Å². The molecule has 0 aliphatic carbocycles. The number of hydrazine groups is 1. The van der Waals surface area contributed by atoms with E-state index in [9.17, 15) is 9.18 Å². The smallest absolute Gasteiger partial charge is 0.248 e. The van der Waals surface area contributed by atoms with E-state index in [1.165, 1.54) is 28.8 Å². The van der Waals surface area contributed by atoms with Crippen LogP contribution in [0.2, 0.25) is 0 Å². The van der Waals surface area contributed by atoms with Gasteiger partial charge in [0.05, 0.1) is 5.75 Å². The van der Waals surface area contributed by atoms with Gasteiger partial charge in [0.25, 0.3) is 0 Å². The second kappa shape index (κ2) is 8.72. The first-order valence-corrected chi connectivity index (χ1v) is 8.79. The molecular weight excluding hydrogens is 341 g/mol. The zero-order valence-corrected chi connectivity index (χ0v) is 13.9. The highest BCUT2D eigenvalue weighted by molar-refractivity contribution is 7.99. The molecular formula is C14H14FN3OS3. The molecule has 0 spiro atoms. The van der Waals surface area contributed by atoms with E-state index in [0.29, 0.717) is 11.4 Å². The maximum Gasteiger partial charge on any atom is 0.248 e. The van der Waals surface area contributed by atoms with Crippen molar-refractivity contribution in [2.45, 2.75) is 5.75 Å². The molecule has 4 nitrogen and oxygen atoms in total. The van der Waals surface area contributed by atoms with Gasteiger partial charge in [0, 0.05) is 16.3 Å². The van der Waals surface area contributed by atoms with Crippen molar-refractivity contribution in [1.29, 1.82) is 0 Å². The van der Waals surface area contributed by atoms with E-state index < -0.39 is 0 Å². The number of hydrogen-bond acceptors (Lipinski definition) is 4. The normalized spacial score (nSPS) is 10.0. The van der Waals surface area contributed by atoms with E-state index in [2.05, 4.69) is 16.2 Å². The Morgan fingerprint density at radius 3 is 2.68 bits per heavy atom. The van der Waals surface area contributed by atoms with Gasteiger partial charge < -0.3 is 5.32 Å². The number of thiocarbonyl (C=S) groups is 1. The maximum atomic E-state index is 12.8. The molecule has 3 N–H and O–H groups in total. The molecule has 0 saturated carbocycles. The molecule has 8 heteroatoms. The summed E-state index contributed by atoms with van der Waals surface area (Å²) in [5, 5.41) is 5.09. The van der Waals surface area contributed by atoms with Crippen LogP contribution in [0.4, 0.5) is 10.1 Å². The highest BCUT2D eigenvalue weighted by atomic mass is 32.2. The van der Waals surface area contributed by atoms with Crippen LogP contribution in [-0.2, 0) is 10.5 Å². The van der Waals surface area contributed by atoms with Crippen LogP contribution in [0.3, 0.4) is 0 Å². The summed E-state index contributed by atoms with van der Waals surface area (Å²) in [7, 11) is 0. The average molecular weight is 355 g/mol. The number of benzene rings is 1. The van der Waals surface area contributed by atoms with Crippen molar-refractivity contribution < 1.29 is 9.18 Å². The fourth-order valence-electron chi connectivity index (χ4n) is 1.50.